The topological polar surface area (TPSA) is 60.0 Å². The molecule has 26 heavy (non-hydrogen) atoms. The van der Waals surface area contributed by atoms with E-state index in [9.17, 15) is 4.79 Å². The van der Waals surface area contributed by atoms with Crippen LogP contribution in [0.15, 0.2) is 36.9 Å². The van der Waals surface area contributed by atoms with Crippen LogP contribution in [0.1, 0.15) is 16.8 Å². The van der Waals surface area contributed by atoms with Crippen molar-refractivity contribution in [2.75, 3.05) is 52.7 Å². The maximum Gasteiger partial charge on any atom is 0.255 e. The third kappa shape index (κ3) is 4.84. The molecule has 0 aromatic heterocycles. The van der Waals surface area contributed by atoms with Gasteiger partial charge >= 0.3 is 0 Å². The predicted molar refractivity (Wildman–Crippen MR) is 99.6 cm³/mol. The highest BCUT2D eigenvalue weighted by atomic mass is 16.5. The molecule has 6 nitrogen and oxygen atoms in total. The highest BCUT2D eigenvalue weighted by molar-refractivity contribution is 5.96. The lowest BCUT2D eigenvalue weighted by Crippen LogP contribution is -2.52. The second-order valence-corrected chi connectivity index (χ2v) is 6.65. The Bertz CT molecular complexity index is 595. The van der Waals surface area contributed by atoms with Crippen LogP contribution in [0.2, 0.25) is 0 Å². The maximum atomic E-state index is 12.7. The molecule has 2 saturated heterocycles. The summed E-state index contributed by atoms with van der Waals surface area (Å²) < 4.78 is 16.7. The van der Waals surface area contributed by atoms with Gasteiger partial charge in [-0.25, -0.2) is 0 Å². The Labute approximate surface area is 155 Å². The van der Waals surface area contributed by atoms with E-state index >= 15 is 0 Å². The Morgan fingerprint density at radius 3 is 2.85 bits per heavy atom. The number of ether oxygens (including phenoxy) is 3. The summed E-state index contributed by atoms with van der Waals surface area (Å²) in [6.07, 6.45) is 2.71. The Morgan fingerprint density at radius 2 is 2.12 bits per heavy atom. The van der Waals surface area contributed by atoms with E-state index in [2.05, 4.69) is 16.8 Å². The first-order valence-corrected chi connectivity index (χ1v) is 9.30. The Hall–Kier alpha value is -1.89. The number of carbonyl (C=O) groups is 1. The number of carbonyl (C=O) groups excluding carboxylic acids is 1. The van der Waals surface area contributed by atoms with Gasteiger partial charge in [0.15, 0.2) is 0 Å². The van der Waals surface area contributed by atoms with E-state index in [1.165, 1.54) is 0 Å². The number of amides is 1. The molecule has 2 aliphatic rings. The molecule has 0 aliphatic carbocycles. The molecule has 2 heterocycles. The van der Waals surface area contributed by atoms with Crippen LogP contribution in [-0.4, -0.2) is 69.5 Å². The van der Waals surface area contributed by atoms with E-state index in [1.807, 2.05) is 18.2 Å². The van der Waals surface area contributed by atoms with Gasteiger partial charge in [-0.2, -0.15) is 0 Å². The Balaban J connectivity index is 1.64. The zero-order valence-electron chi connectivity index (χ0n) is 15.2. The molecular formula is C20H28N2O4. The largest absolute Gasteiger partial charge is 0.489 e. The van der Waals surface area contributed by atoms with Crippen molar-refractivity contribution in [3.05, 3.63) is 42.5 Å². The van der Waals surface area contributed by atoms with Crippen molar-refractivity contribution in [3.8, 4) is 5.75 Å². The van der Waals surface area contributed by atoms with Crippen molar-refractivity contribution in [2.24, 2.45) is 5.92 Å². The average Bonchev–Trinajstić information content (AvgIpc) is 3.22. The standard InChI is InChI=1S/C20H28N2O4/c1-2-10-26-19-6-4-3-5-17(19)20(23)21-14-18(16-7-11-25-15-16)22-8-12-24-13-9-22/h2-6,16,18H,1,7-15H2,(H,21,23)/t16-,18-/m1/s1. The molecule has 1 N–H and O–H groups in total. The molecular weight excluding hydrogens is 332 g/mol. The zero-order valence-corrected chi connectivity index (χ0v) is 15.2. The summed E-state index contributed by atoms with van der Waals surface area (Å²) in [4.78, 5) is 15.2. The van der Waals surface area contributed by atoms with Crippen molar-refractivity contribution in [1.82, 2.24) is 10.2 Å². The van der Waals surface area contributed by atoms with E-state index in [4.69, 9.17) is 14.2 Å². The van der Waals surface area contributed by atoms with Crippen molar-refractivity contribution in [2.45, 2.75) is 12.5 Å². The number of morpholine rings is 1. The lowest BCUT2D eigenvalue weighted by Gasteiger charge is -2.37. The first-order valence-electron chi connectivity index (χ1n) is 9.30. The first-order chi connectivity index (χ1) is 12.8. The van der Waals surface area contributed by atoms with Crippen LogP contribution in [0, 0.1) is 5.92 Å². The van der Waals surface area contributed by atoms with Crippen LogP contribution >= 0.6 is 0 Å². The second kappa shape index (κ2) is 9.71. The van der Waals surface area contributed by atoms with Gasteiger partial charge in [-0.15, -0.1) is 0 Å². The van der Waals surface area contributed by atoms with Gasteiger partial charge in [-0.1, -0.05) is 24.8 Å². The summed E-state index contributed by atoms with van der Waals surface area (Å²) >= 11 is 0. The van der Waals surface area contributed by atoms with Gasteiger partial charge in [0.05, 0.1) is 25.4 Å². The first kappa shape index (κ1) is 18.9. The number of hydrogen-bond donors (Lipinski definition) is 1. The van der Waals surface area contributed by atoms with E-state index in [0.29, 0.717) is 30.4 Å². The molecule has 2 aliphatic heterocycles. The van der Waals surface area contributed by atoms with Gasteiger partial charge in [0.1, 0.15) is 12.4 Å². The lowest BCUT2D eigenvalue weighted by atomic mass is 9.96. The van der Waals surface area contributed by atoms with Crippen molar-refractivity contribution >= 4 is 5.91 Å². The fraction of sp³-hybridized carbons (Fsp3) is 0.550. The van der Waals surface area contributed by atoms with Crippen LogP contribution in [0.4, 0.5) is 0 Å². The second-order valence-electron chi connectivity index (χ2n) is 6.65. The molecule has 0 unspecified atom stereocenters. The summed E-state index contributed by atoms with van der Waals surface area (Å²) in [5, 5.41) is 3.11. The highest BCUT2D eigenvalue weighted by Crippen LogP contribution is 2.23. The molecule has 1 aromatic rings. The highest BCUT2D eigenvalue weighted by Gasteiger charge is 2.32. The fourth-order valence-corrected chi connectivity index (χ4v) is 3.58. The molecule has 0 saturated carbocycles. The minimum Gasteiger partial charge on any atom is -0.489 e. The average molecular weight is 360 g/mol. The Kier molecular flexibility index (Phi) is 7.05. The molecule has 0 spiro atoms. The molecule has 2 fully saturated rings. The maximum absolute atomic E-state index is 12.7. The Morgan fingerprint density at radius 1 is 1.31 bits per heavy atom. The quantitative estimate of drug-likeness (QED) is 0.716. The molecule has 6 heteroatoms. The molecule has 2 atom stereocenters. The summed E-state index contributed by atoms with van der Waals surface area (Å²) in [5.74, 6) is 0.916. The van der Waals surface area contributed by atoms with E-state index in [1.54, 1.807) is 12.1 Å². The van der Waals surface area contributed by atoms with E-state index in [0.717, 1.165) is 45.9 Å². The summed E-state index contributed by atoms with van der Waals surface area (Å²) in [6, 6.07) is 7.58. The van der Waals surface area contributed by atoms with Crippen LogP contribution in [0.5, 0.6) is 5.75 Å². The molecule has 1 aromatic carbocycles. The van der Waals surface area contributed by atoms with E-state index < -0.39 is 0 Å². The van der Waals surface area contributed by atoms with Crippen LogP contribution in [0.25, 0.3) is 0 Å². The number of benzene rings is 1. The van der Waals surface area contributed by atoms with E-state index in [-0.39, 0.29) is 11.9 Å². The lowest BCUT2D eigenvalue weighted by molar-refractivity contribution is 0.00166. The predicted octanol–water partition coefficient (Wildman–Crippen LogP) is 1.72. The van der Waals surface area contributed by atoms with Gasteiger partial charge < -0.3 is 19.5 Å². The smallest absolute Gasteiger partial charge is 0.255 e. The van der Waals surface area contributed by atoms with Gasteiger partial charge in [-0.05, 0) is 18.6 Å². The third-order valence-corrected chi connectivity index (χ3v) is 4.98. The van der Waals surface area contributed by atoms with Crippen molar-refractivity contribution in [3.63, 3.8) is 0 Å². The van der Waals surface area contributed by atoms with Crippen molar-refractivity contribution in [1.29, 1.82) is 0 Å². The van der Waals surface area contributed by atoms with Crippen LogP contribution < -0.4 is 10.1 Å². The zero-order chi connectivity index (χ0) is 18.2. The molecule has 0 radical (unpaired) electrons. The van der Waals surface area contributed by atoms with Crippen LogP contribution in [-0.2, 0) is 9.47 Å². The minimum atomic E-state index is -0.109. The summed E-state index contributed by atoms with van der Waals surface area (Å²) in [7, 11) is 0. The molecule has 142 valence electrons. The van der Waals surface area contributed by atoms with Crippen LogP contribution in [0.3, 0.4) is 0 Å². The monoisotopic (exact) mass is 360 g/mol. The number of para-hydroxylation sites is 1. The third-order valence-electron chi connectivity index (χ3n) is 4.98. The number of nitrogens with one attached hydrogen (secondary N) is 1. The van der Waals surface area contributed by atoms with Gasteiger partial charge in [0.25, 0.3) is 5.91 Å². The molecule has 3 rings (SSSR count). The normalized spacial score (nSPS) is 21.9. The SMILES string of the molecule is C=CCOc1ccccc1C(=O)NC[C@H]([C@@H]1CCOC1)N1CCOCC1. The molecule has 0 bridgehead atoms. The molecule has 1 amide bonds. The van der Waals surface area contributed by atoms with Gasteiger partial charge in [-0.3, -0.25) is 9.69 Å². The minimum absolute atomic E-state index is 0.109. The summed E-state index contributed by atoms with van der Waals surface area (Å²) in [6.45, 7) is 9.48. The van der Waals surface area contributed by atoms with Gasteiger partial charge in [0.2, 0.25) is 0 Å². The number of rotatable bonds is 8. The number of hydrogen-bond acceptors (Lipinski definition) is 5. The fourth-order valence-electron chi connectivity index (χ4n) is 3.58. The summed E-state index contributed by atoms with van der Waals surface area (Å²) in [5.41, 5.74) is 0.553. The number of nitrogens with zero attached hydrogens (tertiary/aromatic N) is 1. The van der Waals surface area contributed by atoms with Gasteiger partial charge in [0, 0.05) is 38.2 Å². The van der Waals surface area contributed by atoms with Crippen molar-refractivity contribution < 1.29 is 19.0 Å².